The van der Waals surface area contributed by atoms with E-state index in [0.717, 1.165) is 0 Å². The fraction of sp³-hybridized carbons (Fsp3) is 0.400. The molecule has 14 heavy (non-hydrogen) atoms. The molecule has 1 aromatic carbocycles. The molecule has 0 fully saturated rings. The average molecular weight is 310 g/mol. The molecule has 0 aromatic heterocycles. The van der Waals surface area contributed by atoms with E-state index in [1.54, 1.807) is 0 Å². The standard InChI is InChI=1S/C10H14I.H4N2.H2O/c1-10(2,3)8-6-4-5-7-9(8)11;1-2;/h4-7,11H,1-3H3;1-2H2;1H2/q+1;;/p-1. The van der Waals surface area contributed by atoms with Crippen molar-refractivity contribution in [3.05, 3.63) is 33.4 Å². The smallest absolute Gasteiger partial charge is 0.297 e. The van der Waals surface area contributed by atoms with Gasteiger partial charge in [0.25, 0.3) is 22.6 Å². The summed E-state index contributed by atoms with van der Waals surface area (Å²) >= 11 is 2.09. The number of halogens is 1. The van der Waals surface area contributed by atoms with E-state index in [1.807, 2.05) is 0 Å². The lowest BCUT2D eigenvalue weighted by Crippen LogP contribution is -3.34. The minimum absolute atomic E-state index is 0. The van der Waals surface area contributed by atoms with Crippen molar-refractivity contribution < 1.29 is 28.1 Å². The maximum Gasteiger partial charge on any atom is 0.297 e. The molecule has 0 saturated carbocycles. The quantitative estimate of drug-likeness (QED) is 0.333. The number of nitrogens with two attached hydrogens (primary N) is 2. The summed E-state index contributed by atoms with van der Waals surface area (Å²) in [5.41, 5.74) is 1.73. The van der Waals surface area contributed by atoms with Crippen molar-refractivity contribution >= 4 is 0 Å². The summed E-state index contributed by atoms with van der Waals surface area (Å²) in [7, 11) is 0. The monoisotopic (exact) mass is 310 g/mol. The number of benzene rings is 1. The zero-order valence-electron chi connectivity index (χ0n) is 8.82. The molecule has 0 aliphatic heterocycles. The van der Waals surface area contributed by atoms with Gasteiger partial charge in [0.2, 0.25) is 0 Å². The van der Waals surface area contributed by atoms with Crippen LogP contribution in [0.3, 0.4) is 0 Å². The summed E-state index contributed by atoms with van der Waals surface area (Å²) in [4.78, 5) is 0. The molecule has 4 heteroatoms. The predicted molar refractivity (Wildman–Crippen MR) is 55.5 cm³/mol. The second-order valence-electron chi connectivity index (χ2n) is 3.75. The Labute approximate surface area is 99.3 Å². The highest BCUT2D eigenvalue weighted by Gasteiger charge is 2.19. The third-order valence-electron chi connectivity index (χ3n) is 1.70. The Morgan fingerprint density at radius 3 is 1.79 bits per heavy atom. The van der Waals surface area contributed by atoms with E-state index in [2.05, 4.69) is 79.3 Å². The van der Waals surface area contributed by atoms with Crippen LogP contribution in [0.2, 0.25) is 0 Å². The first kappa shape index (κ1) is 16.3. The Bertz CT molecular complexity index is 259. The molecule has 0 radical (unpaired) electrons. The fourth-order valence-electron chi connectivity index (χ4n) is 1.09. The lowest BCUT2D eigenvalue weighted by atomic mass is 9.87. The normalized spacial score (nSPS) is 9.57. The zero-order valence-corrected chi connectivity index (χ0v) is 11.1. The maximum atomic E-state index is 4.00. The summed E-state index contributed by atoms with van der Waals surface area (Å²) in [5.74, 6) is 8.00. The van der Waals surface area contributed by atoms with Crippen LogP contribution in [0.4, 0.5) is 0 Å². The van der Waals surface area contributed by atoms with Crippen LogP contribution in [0.15, 0.2) is 24.3 Å². The molecular formula is C10H19IN2O. The van der Waals surface area contributed by atoms with Crippen LogP contribution in [-0.2, 0) is 5.41 Å². The summed E-state index contributed by atoms with van der Waals surface area (Å²) in [5, 5.41) is 0. The summed E-state index contributed by atoms with van der Waals surface area (Å²) in [6.45, 7) is 6.74. The van der Waals surface area contributed by atoms with Crippen molar-refractivity contribution in [1.82, 2.24) is 0 Å². The van der Waals surface area contributed by atoms with Gasteiger partial charge in [0, 0.05) is 5.56 Å². The first-order chi connectivity index (χ1) is 6.02. The van der Waals surface area contributed by atoms with E-state index in [-0.39, 0.29) is 10.9 Å². The summed E-state index contributed by atoms with van der Waals surface area (Å²) in [6.07, 6.45) is 0. The molecule has 1 rings (SSSR count). The topological polar surface area (TPSA) is 82.0 Å². The molecule has 5 N–H and O–H groups in total. The van der Waals surface area contributed by atoms with Gasteiger partial charge in [-0.2, -0.15) is 0 Å². The second-order valence-corrected chi connectivity index (χ2v) is 5.00. The number of hydrogen-bond donors (Lipinski definition) is 2. The second kappa shape index (κ2) is 7.17. The number of rotatable bonds is 0. The molecule has 3 nitrogen and oxygen atoms in total. The molecule has 0 spiro atoms. The first-order valence-electron chi connectivity index (χ1n) is 4.11. The molecule has 0 aliphatic rings. The molecular weight excluding hydrogens is 291 g/mol. The van der Waals surface area contributed by atoms with Gasteiger partial charge in [-0.1, -0.05) is 39.0 Å². The zero-order chi connectivity index (χ0) is 10.5. The Morgan fingerprint density at radius 1 is 1.07 bits per heavy atom. The van der Waals surface area contributed by atoms with E-state index in [9.17, 15) is 0 Å². The van der Waals surface area contributed by atoms with E-state index < -0.39 is 0 Å². The molecule has 1 aromatic rings. The van der Waals surface area contributed by atoms with Crippen molar-refractivity contribution in [2.75, 3.05) is 0 Å². The molecule has 0 atom stereocenters. The summed E-state index contributed by atoms with van der Waals surface area (Å²) in [6, 6.07) is 8.57. The van der Waals surface area contributed by atoms with Crippen molar-refractivity contribution in [2.45, 2.75) is 26.2 Å². The first-order valence-corrected chi connectivity index (χ1v) is 5.28. The lowest BCUT2D eigenvalue weighted by Gasteiger charge is -2.17. The third-order valence-corrected chi connectivity index (χ3v) is 2.71. The van der Waals surface area contributed by atoms with Crippen LogP contribution in [-0.4, -0.2) is 5.48 Å². The van der Waals surface area contributed by atoms with Crippen LogP contribution in [0.25, 0.3) is 0 Å². The predicted octanol–water partition coefficient (Wildman–Crippen LogP) is -1.92. The van der Waals surface area contributed by atoms with Crippen LogP contribution < -0.4 is 34.3 Å². The SMILES string of the molecule is CC(C)(C)c1ccccc1[IH+].NN.[OH-]. The van der Waals surface area contributed by atoms with Crippen LogP contribution in [0, 0.1) is 3.57 Å². The van der Waals surface area contributed by atoms with E-state index >= 15 is 0 Å². The average Bonchev–Trinajstić information content (AvgIpc) is 2.07. The van der Waals surface area contributed by atoms with Gasteiger partial charge in [-0.3, -0.25) is 11.7 Å². The lowest BCUT2D eigenvalue weighted by molar-refractivity contribution is -0.330. The van der Waals surface area contributed by atoms with Gasteiger partial charge in [0.15, 0.2) is 3.57 Å². The van der Waals surface area contributed by atoms with Gasteiger partial charge in [-0.15, -0.1) is 0 Å². The largest absolute Gasteiger partial charge is 0.870 e. The Kier molecular flexibility index (Phi) is 8.33. The molecule has 0 bridgehead atoms. The van der Waals surface area contributed by atoms with Gasteiger partial charge in [0.1, 0.15) is 0 Å². The maximum absolute atomic E-state index is 4.00. The Balaban J connectivity index is 0. The molecule has 0 heterocycles. The Hall–Kier alpha value is -0.170. The Morgan fingerprint density at radius 2 is 1.50 bits per heavy atom. The van der Waals surface area contributed by atoms with Crippen LogP contribution in [0.5, 0.6) is 0 Å². The number of hydrazine groups is 1. The molecule has 0 unspecified atom stereocenters. The van der Waals surface area contributed by atoms with Crippen molar-refractivity contribution in [1.29, 1.82) is 0 Å². The molecule has 0 saturated heterocycles. The summed E-state index contributed by atoms with van der Waals surface area (Å²) < 4.78 is 1.40. The highest BCUT2D eigenvalue weighted by atomic mass is 127. The fourth-order valence-corrected chi connectivity index (χ4v) is 2.38. The molecule has 82 valence electrons. The van der Waals surface area contributed by atoms with Crippen molar-refractivity contribution in [3.8, 4) is 0 Å². The van der Waals surface area contributed by atoms with Gasteiger partial charge in [-0.25, -0.2) is 0 Å². The van der Waals surface area contributed by atoms with Gasteiger partial charge < -0.3 is 5.48 Å². The van der Waals surface area contributed by atoms with Crippen LogP contribution in [0.1, 0.15) is 26.3 Å². The van der Waals surface area contributed by atoms with E-state index in [4.69, 9.17) is 0 Å². The van der Waals surface area contributed by atoms with Crippen LogP contribution >= 0.6 is 0 Å². The van der Waals surface area contributed by atoms with Crippen molar-refractivity contribution in [2.24, 2.45) is 11.7 Å². The highest BCUT2D eigenvalue weighted by molar-refractivity contribution is 5.21. The van der Waals surface area contributed by atoms with Gasteiger partial charge in [-0.05, 0) is 11.5 Å². The molecule has 0 aliphatic carbocycles. The van der Waals surface area contributed by atoms with E-state index in [1.165, 1.54) is 9.13 Å². The van der Waals surface area contributed by atoms with Crippen molar-refractivity contribution in [3.63, 3.8) is 0 Å². The minimum atomic E-state index is 0. The third kappa shape index (κ3) is 4.90. The number of hydrogen-bond acceptors (Lipinski definition) is 3. The highest BCUT2D eigenvalue weighted by Crippen LogP contribution is 2.20. The molecule has 0 amide bonds. The van der Waals surface area contributed by atoms with Gasteiger partial charge in [0.05, 0.1) is 0 Å². The minimum Gasteiger partial charge on any atom is -0.870 e. The van der Waals surface area contributed by atoms with Gasteiger partial charge >= 0.3 is 0 Å². The van der Waals surface area contributed by atoms with E-state index in [0.29, 0.717) is 0 Å².